The maximum absolute atomic E-state index is 13.8. The molecule has 0 aromatic heterocycles. The van der Waals surface area contributed by atoms with Crippen LogP contribution in [0.2, 0.25) is 0 Å². The third-order valence-electron chi connectivity index (χ3n) is 3.53. The first kappa shape index (κ1) is 14.9. The molecule has 0 unspecified atom stereocenters. The molecule has 0 bridgehead atoms. The molecule has 5 heteroatoms. The van der Waals surface area contributed by atoms with Gasteiger partial charge in [0.25, 0.3) is 0 Å². The number of halogens is 2. The number of rotatable bonds is 5. The molecule has 3 nitrogen and oxygen atoms in total. The Morgan fingerprint density at radius 2 is 2.30 bits per heavy atom. The van der Waals surface area contributed by atoms with Crippen molar-refractivity contribution < 1.29 is 18.3 Å². The van der Waals surface area contributed by atoms with E-state index in [0.717, 1.165) is 12.5 Å². The second kappa shape index (κ2) is 6.79. The lowest BCUT2D eigenvalue weighted by atomic mass is 10.00. The summed E-state index contributed by atoms with van der Waals surface area (Å²) in [6.45, 7) is 2.96. The van der Waals surface area contributed by atoms with Gasteiger partial charge in [-0.15, -0.1) is 0 Å². The molecule has 20 heavy (non-hydrogen) atoms. The summed E-state index contributed by atoms with van der Waals surface area (Å²) in [7, 11) is 0. The van der Waals surface area contributed by atoms with Crippen LogP contribution in [0.25, 0.3) is 0 Å². The molecule has 2 rings (SSSR count). The standard InChI is InChI=1S/C15H19F2NO2/c1-2-3-14(12-5-4-11(16)8-13(12)17)18-15(19)10-6-7-20-9-10/h4-5,8,10,14H,2-3,6-7,9H2,1H3,(H,18,19)/t10-,14+/m1/s1. The highest BCUT2D eigenvalue weighted by molar-refractivity contribution is 5.79. The van der Waals surface area contributed by atoms with Crippen molar-refractivity contribution in [2.75, 3.05) is 13.2 Å². The molecular formula is C15H19F2NO2. The van der Waals surface area contributed by atoms with Gasteiger partial charge in [0.05, 0.1) is 18.6 Å². The van der Waals surface area contributed by atoms with E-state index >= 15 is 0 Å². The Bertz CT molecular complexity index is 473. The number of hydrogen-bond acceptors (Lipinski definition) is 2. The number of hydrogen-bond donors (Lipinski definition) is 1. The first-order valence-electron chi connectivity index (χ1n) is 6.95. The summed E-state index contributed by atoms with van der Waals surface area (Å²) in [6.07, 6.45) is 2.10. The second-order valence-corrected chi connectivity index (χ2v) is 5.08. The third-order valence-corrected chi connectivity index (χ3v) is 3.53. The molecule has 1 amide bonds. The van der Waals surface area contributed by atoms with Crippen molar-refractivity contribution in [2.24, 2.45) is 5.92 Å². The average molecular weight is 283 g/mol. The zero-order chi connectivity index (χ0) is 14.5. The molecule has 0 radical (unpaired) electrons. The monoisotopic (exact) mass is 283 g/mol. The van der Waals surface area contributed by atoms with Crippen molar-refractivity contribution in [3.8, 4) is 0 Å². The fourth-order valence-electron chi connectivity index (χ4n) is 2.41. The van der Waals surface area contributed by atoms with E-state index in [-0.39, 0.29) is 11.8 Å². The molecule has 0 aliphatic carbocycles. The Labute approximate surface area is 117 Å². The van der Waals surface area contributed by atoms with Crippen LogP contribution in [0.15, 0.2) is 18.2 Å². The fraction of sp³-hybridized carbons (Fsp3) is 0.533. The number of amides is 1. The van der Waals surface area contributed by atoms with Gasteiger partial charge in [-0.05, 0) is 18.9 Å². The van der Waals surface area contributed by atoms with Crippen LogP contribution < -0.4 is 5.32 Å². The van der Waals surface area contributed by atoms with Crippen LogP contribution in [-0.4, -0.2) is 19.1 Å². The maximum atomic E-state index is 13.8. The summed E-state index contributed by atoms with van der Waals surface area (Å²) < 4.78 is 32.0. The van der Waals surface area contributed by atoms with Gasteiger partial charge >= 0.3 is 0 Å². The number of nitrogens with one attached hydrogen (secondary N) is 1. The second-order valence-electron chi connectivity index (χ2n) is 5.08. The molecule has 0 spiro atoms. The van der Waals surface area contributed by atoms with Gasteiger partial charge in [-0.2, -0.15) is 0 Å². The largest absolute Gasteiger partial charge is 0.381 e. The van der Waals surface area contributed by atoms with Crippen LogP contribution in [0.5, 0.6) is 0 Å². The zero-order valence-corrected chi connectivity index (χ0v) is 11.5. The van der Waals surface area contributed by atoms with Crippen molar-refractivity contribution >= 4 is 5.91 Å². The van der Waals surface area contributed by atoms with Crippen LogP contribution in [0.1, 0.15) is 37.8 Å². The lowest BCUT2D eigenvalue weighted by Crippen LogP contribution is -2.34. The zero-order valence-electron chi connectivity index (χ0n) is 11.5. The Balaban J connectivity index is 2.11. The lowest BCUT2D eigenvalue weighted by molar-refractivity contribution is -0.125. The highest BCUT2D eigenvalue weighted by atomic mass is 19.1. The van der Waals surface area contributed by atoms with Crippen molar-refractivity contribution in [3.63, 3.8) is 0 Å². The van der Waals surface area contributed by atoms with E-state index in [1.165, 1.54) is 12.1 Å². The summed E-state index contributed by atoms with van der Waals surface area (Å²) in [5.41, 5.74) is 0.334. The minimum atomic E-state index is -0.619. The van der Waals surface area contributed by atoms with Crippen molar-refractivity contribution in [1.82, 2.24) is 5.32 Å². The number of benzene rings is 1. The van der Waals surface area contributed by atoms with Crippen LogP contribution in [-0.2, 0) is 9.53 Å². The fourth-order valence-corrected chi connectivity index (χ4v) is 2.41. The molecule has 1 aliphatic heterocycles. The van der Waals surface area contributed by atoms with Crippen molar-refractivity contribution in [2.45, 2.75) is 32.2 Å². The molecular weight excluding hydrogens is 264 g/mol. The summed E-state index contributed by atoms with van der Waals surface area (Å²) in [5.74, 6) is -1.52. The normalized spacial score (nSPS) is 19.9. The van der Waals surface area contributed by atoms with Crippen LogP contribution in [0, 0.1) is 17.6 Å². The lowest BCUT2D eigenvalue weighted by Gasteiger charge is -2.21. The molecule has 0 saturated carbocycles. The molecule has 1 saturated heterocycles. The van der Waals surface area contributed by atoms with E-state index in [2.05, 4.69) is 5.32 Å². The minimum Gasteiger partial charge on any atom is -0.381 e. The molecule has 2 atom stereocenters. The molecule has 1 heterocycles. The number of carbonyl (C=O) groups is 1. The van der Waals surface area contributed by atoms with Crippen LogP contribution in [0.3, 0.4) is 0 Å². The Kier molecular flexibility index (Phi) is 5.06. The Hall–Kier alpha value is -1.49. The molecule has 1 aliphatic rings. The summed E-state index contributed by atoms with van der Waals surface area (Å²) in [6, 6.07) is 3.04. The average Bonchev–Trinajstić information content (AvgIpc) is 2.92. The van der Waals surface area contributed by atoms with Gasteiger partial charge in [-0.1, -0.05) is 19.4 Å². The summed E-state index contributed by atoms with van der Waals surface area (Å²) in [4.78, 5) is 12.1. The van der Waals surface area contributed by atoms with Gasteiger partial charge in [0.15, 0.2) is 0 Å². The molecule has 1 fully saturated rings. The number of ether oxygens (including phenoxy) is 1. The Morgan fingerprint density at radius 1 is 1.50 bits per heavy atom. The van der Waals surface area contributed by atoms with Gasteiger partial charge in [0.2, 0.25) is 5.91 Å². The molecule has 110 valence electrons. The SMILES string of the molecule is CCC[C@H](NC(=O)[C@@H]1CCOC1)c1ccc(F)cc1F. The van der Waals surface area contributed by atoms with Crippen molar-refractivity contribution in [1.29, 1.82) is 0 Å². The quantitative estimate of drug-likeness (QED) is 0.902. The van der Waals surface area contributed by atoms with E-state index in [4.69, 9.17) is 4.74 Å². The highest BCUT2D eigenvalue weighted by Gasteiger charge is 2.26. The third kappa shape index (κ3) is 3.54. The first-order chi connectivity index (χ1) is 9.61. The predicted molar refractivity (Wildman–Crippen MR) is 71.1 cm³/mol. The van der Waals surface area contributed by atoms with E-state index in [0.29, 0.717) is 31.6 Å². The molecule has 1 aromatic carbocycles. The van der Waals surface area contributed by atoms with Gasteiger partial charge in [0, 0.05) is 18.2 Å². The van der Waals surface area contributed by atoms with E-state index in [9.17, 15) is 13.6 Å². The minimum absolute atomic E-state index is 0.121. The molecule has 1 aromatic rings. The van der Waals surface area contributed by atoms with Gasteiger partial charge in [-0.3, -0.25) is 4.79 Å². The Morgan fingerprint density at radius 3 is 2.90 bits per heavy atom. The maximum Gasteiger partial charge on any atom is 0.226 e. The smallest absolute Gasteiger partial charge is 0.226 e. The van der Waals surface area contributed by atoms with E-state index < -0.39 is 17.7 Å². The van der Waals surface area contributed by atoms with E-state index in [1.54, 1.807) is 0 Å². The first-order valence-corrected chi connectivity index (χ1v) is 6.95. The van der Waals surface area contributed by atoms with Gasteiger partial charge < -0.3 is 10.1 Å². The molecule has 1 N–H and O–H groups in total. The number of carbonyl (C=O) groups excluding carboxylic acids is 1. The van der Waals surface area contributed by atoms with E-state index in [1.807, 2.05) is 6.92 Å². The van der Waals surface area contributed by atoms with Crippen molar-refractivity contribution in [3.05, 3.63) is 35.4 Å². The highest BCUT2D eigenvalue weighted by Crippen LogP contribution is 2.24. The van der Waals surface area contributed by atoms with Gasteiger partial charge in [-0.25, -0.2) is 8.78 Å². The predicted octanol–water partition coefficient (Wildman–Crippen LogP) is 2.96. The summed E-state index contributed by atoms with van der Waals surface area (Å²) in [5, 5.41) is 2.86. The summed E-state index contributed by atoms with van der Waals surface area (Å²) >= 11 is 0. The van der Waals surface area contributed by atoms with Crippen LogP contribution >= 0.6 is 0 Å². The topological polar surface area (TPSA) is 38.3 Å². The van der Waals surface area contributed by atoms with Crippen LogP contribution in [0.4, 0.5) is 8.78 Å². The van der Waals surface area contributed by atoms with Gasteiger partial charge in [0.1, 0.15) is 11.6 Å².